The third-order valence-electron chi connectivity index (χ3n) is 6.10. The molecule has 1 aliphatic heterocycles. The van der Waals surface area contributed by atoms with E-state index >= 15 is 0 Å². The van der Waals surface area contributed by atoms with Gasteiger partial charge in [-0.1, -0.05) is 12.8 Å². The third kappa shape index (κ3) is 4.60. The highest BCUT2D eigenvalue weighted by molar-refractivity contribution is 7.87. The van der Waals surface area contributed by atoms with Crippen molar-refractivity contribution in [2.75, 3.05) is 13.1 Å². The minimum absolute atomic E-state index is 0.0446. The van der Waals surface area contributed by atoms with Gasteiger partial charge >= 0.3 is 0 Å². The summed E-state index contributed by atoms with van der Waals surface area (Å²) in [4.78, 5) is 12.2. The van der Waals surface area contributed by atoms with Gasteiger partial charge in [0.1, 0.15) is 0 Å². The SMILES string of the molecule is O=c1ccc(C2CC2)nn1C1CCC(NS(=O)(=O)N2CCCCCC2)CC1. The van der Waals surface area contributed by atoms with Crippen molar-refractivity contribution < 1.29 is 8.42 Å². The molecule has 27 heavy (non-hydrogen) atoms. The molecule has 3 aliphatic rings. The molecule has 1 saturated heterocycles. The van der Waals surface area contributed by atoms with Gasteiger partial charge in [0.25, 0.3) is 15.8 Å². The number of nitrogens with one attached hydrogen (secondary N) is 1. The topological polar surface area (TPSA) is 84.3 Å². The molecule has 2 heterocycles. The van der Waals surface area contributed by atoms with Gasteiger partial charge in [-0.2, -0.15) is 22.5 Å². The summed E-state index contributed by atoms with van der Waals surface area (Å²) in [5.41, 5.74) is 0.978. The average molecular weight is 395 g/mol. The maximum absolute atomic E-state index is 12.7. The van der Waals surface area contributed by atoms with Crippen molar-refractivity contribution in [2.24, 2.45) is 0 Å². The first-order chi connectivity index (χ1) is 13.0. The zero-order chi connectivity index (χ0) is 18.9. The lowest BCUT2D eigenvalue weighted by molar-refractivity contribution is 0.280. The molecule has 0 atom stereocenters. The summed E-state index contributed by atoms with van der Waals surface area (Å²) in [7, 11) is -3.41. The Labute approximate surface area is 161 Å². The minimum Gasteiger partial charge on any atom is -0.268 e. The van der Waals surface area contributed by atoms with Gasteiger partial charge in [0.2, 0.25) is 0 Å². The first-order valence-electron chi connectivity index (χ1n) is 10.4. The van der Waals surface area contributed by atoms with Crippen LogP contribution in [0.5, 0.6) is 0 Å². The van der Waals surface area contributed by atoms with Crippen LogP contribution in [0.1, 0.15) is 81.9 Å². The van der Waals surface area contributed by atoms with Crippen molar-refractivity contribution in [3.63, 3.8) is 0 Å². The molecule has 1 aromatic rings. The molecule has 2 aliphatic carbocycles. The molecule has 7 nitrogen and oxygen atoms in total. The molecule has 3 fully saturated rings. The zero-order valence-electron chi connectivity index (χ0n) is 15.8. The second kappa shape index (κ2) is 8.01. The maximum Gasteiger partial charge on any atom is 0.279 e. The highest BCUT2D eigenvalue weighted by atomic mass is 32.2. The van der Waals surface area contributed by atoms with Crippen LogP contribution in [0.15, 0.2) is 16.9 Å². The Bertz CT molecular complexity index is 802. The first-order valence-corrected chi connectivity index (χ1v) is 11.8. The van der Waals surface area contributed by atoms with Crippen LogP contribution in [0.2, 0.25) is 0 Å². The molecule has 0 unspecified atom stereocenters. The van der Waals surface area contributed by atoms with E-state index in [-0.39, 0.29) is 17.6 Å². The van der Waals surface area contributed by atoms with Crippen molar-refractivity contribution in [1.29, 1.82) is 0 Å². The number of hydrogen-bond acceptors (Lipinski definition) is 4. The van der Waals surface area contributed by atoms with Gasteiger partial charge in [0.15, 0.2) is 0 Å². The third-order valence-corrected chi connectivity index (χ3v) is 7.78. The van der Waals surface area contributed by atoms with Crippen molar-refractivity contribution >= 4 is 10.2 Å². The Morgan fingerprint density at radius 1 is 0.926 bits per heavy atom. The Kier molecular flexibility index (Phi) is 5.66. The highest BCUT2D eigenvalue weighted by Gasteiger charge is 2.31. The Balaban J connectivity index is 1.36. The van der Waals surface area contributed by atoms with Crippen LogP contribution < -0.4 is 10.3 Å². The largest absolute Gasteiger partial charge is 0.279 e. The fraction of sp³-hybridized carbons (Fsp3) is 0.789. The molecule has 0 aromatic carbocycles. The maximum atomic E-state index is 12.7. The van der Waals surface area contributed by atoms with Gasteiger partial charge in [-0.05, 0) is 57.4 Å². The van der Waals surface area contributed by atoms with E-state index in [9.17, 15) is 13.2 Å². The van der Waals surface area contributed by atoms with Crippen LogP contribution in [-0.4, -0.2) is 41.6 Å². The quantitative estimate of drug-likeness (QED) is 0.831. The van der Waals surface area contributed by atoms with Gasteiger partial charge in [-0.25, -0.2) is 4.68 Å². The molecule has 0 amide bonds. The number of aromatic nitrogens is 2. The Morgan fingerprint density at radius 2 is 1.59 bits per heavy atom. The number of rotatable bonds is 5. The lowest BCUT2D eigenvalue weighted by Crippen LogP contribution is -2.47. The van der Waals surface area contributed by atoms with E-state index in [1.54, 1.807) is 15.1 Å². The Morgan fingerprint density at radius 3 is 2.22 bits per heavy atom. The molecular formula is C19H30N4O3S. The summed E-state index contributed by atoms with van der Waals surface area (Å²) in [5, 5.41) is 4.60. The second-order valence-corrected chi connectivity index (χ2v) is 9.96. The fourth-order valence-corrected chi connectivity index (χ4v) is 5.85. The molecule has 2 saturated carbocycles. The molecule has 1 aromatic heterocycles. The molecule has 150 valence electrons. The summed E-state index contributed by atoms with van der Waals surface area (Å²) in [6, 6.07) is 3.53. The van der Waals surface area contributed by atoms with E-state index in [1.807, 2.05) is 6.07 Å². The predicted octanol–water partition coefficient (Wildman–Crippen LogP) is 2.31. The molecule has 1 N–H and O–H groups in total. The molecule has 0 radical (unpaired) electrons. The van der Waals surface area contributed by atoms with Gasteiger partial charge in [0.05, 0.1) is 11.7 Å². The highest BCUT2D eigenvalue weighted by Crippen LogP contribution is 2.38. The molecule has 0 bridgehead atoms. The smallest absolute Gasteiger partial charge is 0.268 e. The monoisotopic (exact) mass is 394 g/mol. The van der Waals surface area contributed by atoms with Gasteiger partial charge in [0, 0.05) is 31.1 Å². The van der Waals surface area contributed by atoms with Crippen molar-refractivity contribution in [2.45, 2.75) is 82.2 Å². The summed E-state index contributed by atoms with van der Waals surface area (Å²) < 4.78 is 31.5. The number of nitrogens with zero attached hydrogens (tertiary/aromatic N) is 3. The zero-order valence-corrected chi connectivity index (χ0v) is 16.7. The van der Waals surface area contributed by atoms with Crippen LogP contribution in [0.25, 0.3) is 0 Å². The van der Waals surface area contributed by atoms with Crippen LogP contribution in [0.3, 0.4) is 0 Å². The van der Waals surface area contributed by atoms with E-state index in [2.05, 4.69) is 9.82 Å². The van der Waals surface area contributed by atoms with Crippen LogP contribution >= 0.6 is 0 Å². The predicted molar refractivity (Wildman–Crippen MR) is 104 cm³/mol. The summed E-state index contributed by atoms with van der Waals surface area (Å²) in [6.07, 6.45) is 9.50. The van der Waals surface area contributed by atoms with Crippen LogP contribution in [0.4, 0.5) is 0 Å². The van der Waals surface area contributed by atoms with Crippen molar-refractivity contribution in [3.8, 4) is 0 Å². The van der Waals surface area contributed by atoms with E-state index in [0.29, 0.717) is 19.0 Å². The molecular weight excluding hydrogens is 364 g/mol. The first kappa shape index (κ1) is 19.1. The van der Waals surface area contributed by atoms with Gasteiger partial charge < -0.3 is 0 Å². The summed E-state index contributed by atoms with van der Waals surface area (Å²) in [6.45, 7) is 1.25. The van der Waals surface area contributed by atoms with Crippen LogP contribution in [-0.2, 0) is 10.2 Å². The standard InChI is InChI=1S/C19H30N4O3S/c24-19-12-11-18(15-5-6-15)20-23(19)17-9-7-16(8-10-17)21-27(25,26)22-13-3-1-2-4-14-22/h11-12,15-17,21H,1-10,13-14H2. The molecule has 4 rings (SSSR count). The number of hydrogen-bond donors (Lipinski definition) is 1. The van der Waals surface area contributed by atoms with Crippen molar-refractivity contribution in [1.82, 2.24) is 18.8 Å². The minimum atomic E-state index is -3.41. The van der Waals surface area contributed by atoms with E-state index < -0.39 is 10.2 Å². The fourth-order valence-electron chi connectivity index (χ4n) is 4.30. The van der Waals surface area contributed by atoms with Crippen molar-refractivity contribution in [3.05, 3.63) is 28.2 Å². The van der Waals surface area contributed by atoms with Gasteiger partial charge in [-0.15, -0.1) is 0 Å². The summed E-state index contributed by atoms with van der Waals surface area (Å²) in [5.74, 6) is 0.522. The molecule has 0 spiro atoms. The summed E-state index contributed by atoms with van der Waals surface area (Å²) >= 11 is 0. The van der Waals surface area contributed by atoms with E-state index in [1.165, 1.54) is 0 Å². The normalized spacial score (nSPS) is 28.0. The lowest BCUT2D eigenvalue weighted by Gasteiger charge is -2.31. The van der Waals surface area contributed by atoms with E-state index in [0.717, 1.165) is 69.9 Å². The van der Waals surface area contributed by atoms with Gasteiger partial charge in [-0.3, -0.25) is 4.79 Å². The lowest BCUT2D eigenvalue weighted by atomic mass is 9.92. The van der Waals surface area contributed by atoms with E-state index in [4.69, 9.17) is 0 Å². The second-order valence-electron chi connectivity index (χ2n) is 8.26. The average Bonchev–Trinajstić information content (AvgIpc) is 3.50. The Hall–Kier alpha value is -1.25. The van der Waals surface area contributed by atoms with Crippen LogP contribution in [0, 0.1) is 0 Å². The molecule has 8 heteroatoms.